The summed E-state index contributed by atoms with van der Waals surface area (Å²) in [4.78, 5) is 24.6. The van der Waals surface area contributed by atoms with E-state index in [1.165, 1.54) is 10.7 Å². The highest BCUT2D eigenvalue weighted by Gasteiger charge is 2.49. The van der Waals surface area contributed by atoms with Crippen molar-refractivity contribution in [2.45, 2.75) is 89.1 Å². The molecule has 42 heavy (non-hydrogen) atoms. The number of hydrogen-bond acceptors (Lipinski definition) is 8. The molecule has 0 aliphatic heterocycles. The maximum Gasteiger partial charge on any atom is 0.435 e. The minimum atomic E-state index is -4.58. The zero-order valence-corrected chi connectivity index (χ0v) is 24.4. The van der Waals surface area contributed by atoms with Gasteiger partial charge in [-0.05, 0) is 75.0 Å². The fraction of sp³-hybridized carbons (Fsp3) is 0.593. The molecule has 2 atom stereocenters. The number of aromatic nitrogens is 2. The number of carbonyl (C=O) groups excluding carboxylic acids is 2. The molecule has 0 bridgehead atoms. The van der Waals surface area contributed by atoms with Crippen LogP contribution in [-0.4, -0.2) is 58.6 Å². The average molecular weight is 616 g/mol. The number of hydrogen-bond donors (Lipinski definition) is 4. The summed E-state index contributed by atoms with van der Waals surface area (Å²) in [6, 6.07) is 4.34. The van der Waals surface area contributed by atoms with Crippen LogP contribution in [0.3, 0.4) is 0 Å². The first kappa shape index (κ1) is 31.8. The Hall–Kier alpha value is -3.17. The fourth-order valence-corrected chi connectivity index (χ4v) is 5.40. The third-order valence-electron chi connectivity index (χ3n) is 7.82. The van der Waals surface area contributed by atoms with Crippen LogP contribution < -0.4 is 16.8 Å². The Kier molecular flexibility index (Phi) is 8.43. The number of esters is 1. The number of fused-ring (bicyclic) bond motifs is 1. The molecule has 0 unspecified atom stereocenters. The SMILES string of the molecule is CC1(C)CCc2c(C(F)(F)F)nn(-c3ccc(C(N)=O)c(N[C@H]4CCC[C@@H]4OC(=O)C4(N)CC4)c3)c2C1.CS(=O)(=O)O. The monoisotopic (exact) mass is 615 g/mol. The number of rotatable bonds is 6. The molecule has 0 radical (unpaired) electrons. The quantitative estimate of drug-likeness (QED) is 0.280. The minimum Gasteiger partial charge on any atom is -0.459 e. The second kappa shape index (κ2) is 11.2. The van der Waals surface area contributed by atoms with E-state index in [0.29, 0.717) is 68.3 Å². The number of anilines is 1. The Bertz CT molecular complexity index is 1480. The van der Waals surface area contributed by atoms with Crippen molar-refractivity contribution in [2.24, 2.45) is 16.9 Å². The standard InChI is InChI=1S/C26H32F3N5O3.CH4O3S/c1-24(2)9-8-16-19(13-24)34(33-21(16)26(27,28)29)14-6-7-15(22(30)35)18(12-14)32-17-4-3-5-20(17)37-23(36)25(31)10-11-25;1-5(2,3)4/h6-7,12,17,20,32H,3-5,8-11,13,31H2,1-2H3,(H2,30,35);1H3,(H,2,3,4)/t17-,20-;/m0./s1. The predicted octanol–water partition coefficient (Wildman–Crippen LogP) is 3.38. The van der Waals surface area contributed by atoms with E-state index < -0.39 is 45.5 Å². The van der Waals surface area contributed by atoms with Crippen LogP contribution in [0.5, 0.6) is 0 Å². The molecule has 5 rings (SSSR count). The Balaban J connectivity index is 0.000000748. The van der Waals surface area contributed by atoms with Crippen LogP contribution in [-0.2, 0) is 38.7 Å². The molecule has 0 spiro atoms. The summed E-state index contributed by atoms with van der Waals surface area (Å²) in [5, 5.41) is 7.28. The summed E-state index contributed by atoms with van der Waals surface area (Å²) in [5.74, 6) is -1.11. The molecular weight excluding hydrogens is 579 g/mol. The van der Waals surface area contributed by atoms with E-state index in [-0.39, 0.29) is 22.6 Å². The Morgan fingerprint density at radius 1 is 1.19 bits per heavy atom. The first-order chi connectivity index (χ1) is 19.3. The fourth-order valence-electron chi connectivity index (χ4n) is 5.40. The van der Waals surface area contributed by atoms with Gasteiger partial charge in [-0.1, -0.05) is 13.8 Å². The highest BCUT2D eigenvalue weighted by Crippen LogP contribution is 2.42. The van der Waals surface area contributed by atoms with Crippen LogP contribution in [0.4, 0.5) is 18.9 Å². The zero-order valence-electron chi connectivity index (χ0n) is 23.6. The molecule has 1 amide bonds. The summed E-state index contributed by atoms with van der Waals surface area (Å²) in [6.07, 6.45) is 0.374. The molecule has 2 saturated carbocycles. The van der Waals surface area contributed by atoms with Crippen molar-refractivity contribution >= 4 is 27.7 Å². The minimum absolute atomic E-state index is 0.176. The van der Waals surface area contributed by atoms with Gasteiger partial charge in [0.1, 0.15) is 11.6 Å². The number of nitrogens with two attached hydrogens (primary N) is 2. The molecule has 15 heteroatoms. The highest BCUT2D eigenvalue weighted by molar-refractivity contribution is 7.85. The van der Waals surface area contributed by atoms with Crippen LogP contribution in [0.2, 0.25) is 0 Å². The lowest BCUT2D eigenvalue weighted by atomic mass is 9.76. The molecule has 0 saturated heterocycles. The molecule has 2 aromatic rings. The lowest BCUT2D eigenvalue weighted by Gasteiger charge is -2.30. The van der Waals surface area contributed by atoms with Gasteiger partial charge in [0.15, 0.2) is 5.69 Å². The van der Waals surface area contributed by atoms with Crippen molar-refractivity contribution in [3.8, 4) is 5.69 Å². The van der Waals surface area contributed by atoms with Crippen LogP contribution in [0.25, 0.3) is 5.69 Å². The van der Waals surface area contributed by atoms with E-state index in [0.717, 1.165) is 6.42 Å². The zero-order chi connectivity index (χ0) is 31.3. The average Bonchev–Trinajstić information content (AvgIpc) is 3.27. The number of ether oxygens (including phenoxy) is 1. The second-order valence-corrected chi connectivity index (χ2v) is 13.6. The predicted molar refractivity (Wildman–Crippen MR) is 148 cm³/mol. The first-order valence-corrected chi connectivity index (χ1v) is 15.4. The number of nitrogens with zero attached hydrogens (tertiary/aromatic N) is 2. The van der Waals surface area contributed by atoms with E-state index in [2.05, 4.69) is 10.4 Å². The van der Waals surface area contributed by atoms with Crippen molar-refractivity contribution in [2.75, 3.05) is 11.6 Å². The molecule has 1 aromatic carbocycles. The number of alkyl halides is 3. The summed E-state index contributed by atoms with van der Waals surface area (Å²) < 4.78 is 74.5. The lowest BCUT2D eigenvalue weighted by Crippen LogP contribution is -2.41. The van der Waals surface area contributed by atoms with E-state index >= 15 is 0 Å². The van der Waals surface area contributed by atoms with Crippen LogP contribution in [0, 0.1) is 5.41 Å². The summed E-state index contributed by atoms with van der Waals surface area (Å²) in [7, 11) is -3.67. The Morgan fingerprint density at radius 3 is 2.40 bits per heavy atom. The van der Waals surface area contributed by atoms with Gasteiger partial charge >= 0.3 is 12.1 Å². The Labute approximate surface area is 241 Å². The third kappa shape index (κ3) is 7.42. The molecule has 2 fully saturated rings. The van der Waals surface area contributed by atoms with Gasteiger partial charge in [-0.25, -0.2) is 4.68 Å². The topological polar surface area (TPSA) is 180 Å². The van der Waals surface area contributed by atoms with E-state index in [4.69, 9.17) is 20.8 Å². The molecule has 232 valence electrons. The first-order valence-electron chi connectivity index (χ1n) is 13.6. The highest BCUT2D eigenvalue weighted by atomic mass is 32.2. The van der Waals surface area contributed by atoms with Crippen LogP contribution in [0.1, 0.15) is 79.7 Å². The molecular formula is C27H36F3N5O6S. The van der Waals surface area contributed by atoms with Gasteiger partial charge < -0.3 is 21.5 Å². The second-order valence-electron chi connectivity index (χ2n) is 12.1. The van der Waals surface area contributed by atoms with Crippen molar-refractivity contribution in [3.63, 3.8) is 0 Å². The number of nitrogens with one attached hydrogen (secondary N) is 1. The summed E-state index contributed by atoms with van der Waals surface area (Å²) in [6.45, 7) is 4.05. The van der Waals surface area contributed by atoms with Crippen molar-refractivity contribution in [3.05, 3.63) is 40.7 Å². The molecule has 1 aromatic heterocycles. The molecule has 11 nitrogen and oxygen atoms in total. The van der Waals surface area contributed by atoms with Crippen LogP contribution in [0.15, 0.2) is 18.2 Å². The Morgan fingerprint density at radius 2 is 1.83 bits per heavy atom. The lowest BCUT2D eigenvalue weighted by molar-refractivity contribution is -0.152. The maximum atomic E-state index is 13.9. The normalized spacial score (nSPS) is 22.4. The van der Waals surface area contributed by atoms with Gasteiger partial charge in [-0.2, -0.15) is 26.7 Å². The third-order valence-corrected chi connectivity index (χ3v) is 7.82. The molecule has 3 aliphatic carbocycles. The van der Waals surface area contributed by atoms with Crippen molar-refractivity contribution in [1.29, 1.82) is 0 Å². The van der Waals surface area contributed by atoms with Gasteiger partial charge in [-0.15, -0.1) is 0 Å². The number of benzene rings is 1. The number of carbonyl (C=O) groups is 2. The van der Waals surface area contributed by atoms with Crippen molar-refractivity contribution < 1.29 is 40.5 Å². The largest absolute Gasteiger partial charge is 0.459 e. The van der Waals surface area contributed by atoms with Gasteiger partial charge in [0, 0.05) is 16.9 Å². The summed E-state index contributed by atoms with van der Waals surface area (Å²) >= 11 is 0. The number of primary amides is 1. The van der Waals surface area contributed by atoms with E-state index in [9.17, 15) is 31.2 Å². The maximum absolute atomic E-state index is 13.9. The summed E-state index contributed by atoms with van der Waals surface area (Å²) in [5.41, 5.74) is 11.3. The van der Waals surface area contributed by atoms with Gasteiger partial charge in [-0.3, -0.25) is 14.1 Å². The van der Waals surface area contributed by atoms with Gasteiger partial charge in [0.25, 0.3) is 16.0 Å². The van der Waals surface area contributed by atoms with Gasteiger partial charge in [0.05, 0.1) is 23.5 Å². The molecule has 3 aliphatic rings. The smallest absolute Gasteiger partial charge is 0.435 e. The van der Waals surface area contributed by atoms with Crippen molar-refractivity contribution in [1.82, 2.24) is 9.78 Å². The number of halogens is 3. The number of amides is 1. The molecule has 1 heterocycles. The molecule has 6 N–H and O–H groups in total. The van der Waals surface area contributed by atoms with E-state index in [1.807, 2.05) is 13.8 Å². The van der Waals surface area contributed by atoms with Gasteiger partial charge in [0.2, 0.25) is 0 Å². The van der Waals surface area contributed by atoms with E-state index in [1.54, 1.807) is 12.1 Å². The van der Waals surface area contributed by atoms with Crippen LogP contribution >= 0.6 is 0 Å².